The summed E-state index contributed by atoms with van der Waals surface area (Å²) in [6.45, 7) is 7.80. The van der Waals surface area contributed by atoms with Crippen LogP contribution in [0.1, 0.15) is 34.1 Å². The van der Waals surface area contributed by atoms with Crippen molar-refractivity contribution in [3.05, 3.63) is 11.5 Å². The number of nitrogens with one attached hydrogen (secondary N) is 2. The van der Waals surface area contributed by atoms with E-state index < -0.39 is 10.0 Å². The van der Waals surface area contributed by atoms with Crippen molar-refractivity contribution in [2.45, 2.75) is 40.2 Å². The van der Waals surface area contributed by atoms with E-state index in [9.17, 15) is 8.42 Å². The predicted octanol–water partition coefficient (Wildman–Crippen LogP) is 1.38. The number of allylic oxidation sites excluding steroid dienone is 1. The molecule has 0 rings (SSSR count). The Morgan fingerprint density at radius 3 is 2.29 bits per heavy atom. The zero-order valence-corrected chi connectivity index (χ0v) is 10.1. The zero-order valence-electron chi connectivity index (χ0n) is 9.24. The molecule has 0 aromatic heterocycles. The van der Waals surface area contributed by atoms with E-state index >= 15 is 0 Å². The molecule has 0 bridgehead atoms. The molecule has 1 unspecified atom stereocenters. The van der Waals surface area contributed by atoms with Crippen molar-refractivity contribution in [1.82, 2.24) is 10.3 Å². The number of hydrogen-bond acceptors (Lipinski definition) is 3. The first-order valence-corrected chi connectivity index (χ1v) is 6.32. The molecule has 2 N–H and O–H groups in total. The van der Waals surface area contributed by atoms with Gasteiger partial charge in [-0.1, -0.05) is 19.9 Å². The Bertz CT molecular complexity index is 271. The third-order valence-electron chi connectivity index (χ3n) is 1.59. The maximum atomic E-state index is 11.2. The van der Waals surface area contributed by atoms with Gasteiger partial charge in [0.2, 0.25) is 10.0 Å². The summed E-state index contributed by atoms with van der Waals surface area (Å²) < 4.78 is 22.3. The Kier molecular flexibility index (Phi) is 5.99. The molecule has 0 aliphatic rings. The third kappa shape index (κ3) is 7.06. The van der Waals surface area contributed by atoms with Crippen LogP contribution < -0.4 is 10.3 Å². The quantitative estimate of drug-likeness (QED) is 0.665. The maximum absolute atomic E-state index is 11.2. The highest BCUT2D eigenvalue weighted by Gasteiger charge is 2.08. The Labute approximate surface area is 86.8 Å². The highest BCUT2D eigenvalue weighted by molar-refractivity contribution is 7.92. The molecule has 1 atom stereocenters. The minimum absolute atomic E-state index is 0.134. The van der Waals surface area contributed by atoms with Crippen molar-refractivity contribution < 1.29 is 8.42 Å². The molecule has 0 aromatic rings. The van der Waals surface area contributed by atoms with Crippen LogP contribution in [0.15, 0.2) is 11.5 Å². The third-order valence-corrected chi connectivity index (χ3v) is 2.62. The van der Waals surface area contributed by atoms with Gasteiger partial charge in [-0.25, -0.2) is 13.8 Å². The zero-order chi connectivity index (χ0) is 11.2. The van der Waals surface area contributed by atoms with Crippen molar-refractivity contribution in [2.24, 2.45) is 5.92 Å². The first-order chi connectivity index (χ1) is 6.37. The van der Waals surface area contributed by atoms with Crippen LogP contribution in [-0.2, 0) is 10.0 Å². The van der Waals surface area contributed by atoms with Crippen LogP contribution >= 0.6 is 0 Å². The van der Waals surface area contributed by atoms with Crippen molar-refractivity contribution in [2.75, 3.05) is 0 Å². The van der Waals surface area contributed by atoms with Crippen LogP contribution in [0.2, 0.25) is 0 Å². The standard InChI is InChI=1S/C9H20N2O2S/c1-5-6-14(12,13)11-10-9(4)7-8(2)3/h5-6,8-11H,7H2,1-4H3. The molecular weight excluding hydrogens is 200 g/mol. The van der Waals surface area contributed by atoms with Gasteiger partial charge in [-0.05, 0) is 26.2 Å². The van der Waals surface area contributed by atoms with E-state index in [0.29, 0.717) is 5.92 Å². The molecule has 0 radical (unpaired) electrons. The van der Waals surface area contributed by atoms with Crippen molar-refractivity contribution in [1.29, 1.82) is 0 Å². The summed E-state index contributed by atoms with van der Waals surface area (Å²) in [4.78, 5) is 2.30. The summed E-state index contributed by atoms with van der Waals surface area (Å²) in [6, 6.07) is 0.134. The summed E-state index contributed by atoms with van der Waals surface area (Å²) in [6.07, 6.45) is 2.41. The van der Waals surface area contributed by atoms with Gasteiger partial charge < -0.3 is 0 Å². The van der Waals surface area contributed by atoms with Gasteiger partial charge >= 0.3 is 0 Å². The molecule has 14 heavy (non-hydrogen) atoms. The first kappa shape index (κ1) is 13.6. The molecule has 0 aliphatic carbocycles. The first-order valence-electron chi connectivity index (χ1n) is 4.77. The lowest BCUT2D eigenvalue weighted by Crippen LogP contribution is -2.42. The van der Waals surface area contributed by atoms with E-state index in [0.717, 1.165) is 11.8 Å². The smallest absolute Gasteiger partial charge is 0.241 e. The fraction of sp³-hybridized carbons (Fsp3) is 0.778. The fourth-order valence-electron chi connectivity index (χ4n) is 1.16. The van der Waals surface area contributed by atoms with E-state index in [-0.39, 0.29) is 6.04 Å². The molecule has 0 heterocycles. The monoisotopic (exact) mass is 220 g/mol. The summed E-state index contributed by atoms with van der Waals surface area (Å²) >= 11 is 0. The Morgan fingerprint density at radius 2 is 1.86 bits per heavy atom. The lowest BCUT2D eigenvalue weighted by Gasteiger charge is -2.15. The van der Waals surface area contributed by atoms with Crippen LogP contribution in [0.25, 0.3) is 0 Å². The van der Waals surface area contributed by atoms with Crippen molar-refractivity contribution in [3.8, 4) is 0 Å². The highest BCUT2D eigenvalue weighted by atomic mass is 32.2. The second-order valence-electron chi connectivity index (χ2n) is 3.79. The van der Waals surface area contributed by atoms with Gasteiger partial charge in [-0.3, -0.25) is 0 Å². The number of sulfonamides is 1. The molecule has 0 amide bonds. The van der Waals surface area contributed by atoms with Crippen LogP contribution in [0, 0.1) is 5.92 Å². The molecule has 0 saturated heterocycles. The minimum atomic E-state index is -3.30. The summed E-state index contributed by atoms with van der Waals surface area (Å²) in [5, 5.41) is 1.13. The van der Waals surface area contributed by atoms with Gasteiger partial charge in [-0.2, -0.15) is 0 Å². The van der Waals surface area contributed by atoms with E-state index in [1.165, 1.54) is 6.08 Å². The predicted molar refractivity (Wildman–Crippen MR) is 58.9 cm³/mol. The average molecular weight is 220 g/mol. The highest BCUT2D eigenvalue weighted by Crippen LogP contribution is 2.02. The fourth-order valence-corrected chi connectivity index (χ4v) is 1.95. The van der Waals surface area contributed by atoms with E-state index in [1.807, 2.05) is 6.92 Å². The van der Waals surface area contributed by atoms with Gasteiger partial charge in [0, 0.05) is 11.4 Å². The molecule has 0 aromatic carbocycles. The SMILES string of the molecule is CC=CS(=O)(=O)NNC(C)CC(C)C. The van der Waals surface area contributed by atoms with Gasteiger partial charge in [0.15, 0.2) is 0 Å². The topological polar surface area (TPSA) is 58.2 Å². The van der Waals surface area contributed by atoms with E-state index in [4.69, 9.17) is 0 Å². The summed E-state index contributed by atoms with van der Waals surface area (Å²) in [5.41, 5.74) is 2.75. The van der Waals surface area contributed by atoms with Crippen molar-refractivity contribution >= 4 is 10.0 Å². The number of hydrogen-bond donors (Lipinski definition) is 2. The Balaban J connectivity index is 3.94. The van der Waals surface area contributed by atoms with Gasteiger partial charge in [-0.15, -0.1) is 4.83 Å². The maximum Gasteiger partial charge on any atom is 0.246 e. The molecule has 5 heteroatoms. The Morgan fingerprint density at radius 1 is 1.29 bits per heavy atom. The minimum Gasteiger partial charge on any atom is -0.241 e. The molecular formula is C9H20N2O2S. The van der Waals surface area contributed by atoms with Gasteiger partial charge in [0.05, 0.1) is 0 Å². The van der Waals surface area contributed by atoms with Crippen LogP contribution in [0.5, 0.6) is 0 Å². The molecule has 84 valence electrons. The Hall–Kier alpha value is -0.390. The van der Waals surface area contributed by atoms with E-state index in [1.54, 1.807) is 6.92 Å². The van der Waals surface area contributed by atoms with Crippen molar-refractivity contribution in [3.63, 3.8) is 0 Å². The van der Waals surface area contributed by atoms with E-state index in [2.05, 4.69) is 24.1 Å². The van der Waals surface area contributed by atoms with Crippen LogP contribution in [0.4, 0.5) is 0 Å². The van der Waals surface area contributed by atoms with Crippen LogP contribution in [-0.4, -0.2) is 14.5 Å². The lowest BCUT2D eigenvalue weighted by molar-refractivity contribution is 0.426. The van der Waals surface area contributed by atoms with Gasteiger partial charge in [0.25, 0.3) is 0 Å². The average Bonchev–Trinajstić information content (AvgIpc) is 2.00. The molecule has 0 aliphatic heterocycles. The molecule has 4 nitrogen and oxygen atoms in total. The number of hydrazine groups is 1. The lowest BCUT2D eigenvalue weighted by atomic mass is 10.1. The number of rotatable bonds is 6. The molecule has 0 saturated carbocycles. The summed E-state index contributed by atoms with van der Waals surface area (Å²) in [5.74, 6) is 0.545. The van der Waals surface area contributed by atoms with Gasteiger partial charge in [0.1, 0.15) is 0 Å². The second kappa shape index (κ2) is 6.16. The molecule has 0 spiro atoms. The second-order valence-corrected chi connectivity index (χ2v) is 5.36. The molecule has 0 fully saturated rings. The van der Waals surface area contributed by atoms with Crippen LogP contribution in [0.3, 0.4) is 0 Å². The largest absolute Gasteiger partial charge is 0.246 e. The summed E-state index contributed by atoms with van der Waals surface area (Å²) in [7, 11) is -3.30. The normalized spacial score (nSPS) is 15.2.